The standard InChI is InChI=1S/C22H25Cl4N3O4S/c1-4-18(22(31)27-5-2)28(12-14-15(23)8-6-9-16(14)24)20(30)13-29(34(3,32)33)19-11-7-10-17(25)21(19)26/h6-11,18H,4-5,12-13H2,1-3H3,(H,27,31)/t18-/m1/s1. The zero-order chi connectivity index (χ0) is 25.6. The molecule has 0 aliphatic carbocycles. The molecule has 0 bridgehead atoms. The van der Waals surface area contributed by atoms with Gasteiger partial charge in [0.25, 0.3) is 0 Å². The van der Waals surface area contributed by atoms with E-state index in [9.17, 15) is 18.0 Å². The second kappa shape index (κ2) is 12.3. The van der Waals surface area contributed by atoms with E-state index in [1.807, 2.05) is 0 Å². The van der Waals surface area contributed by atoms with E-state index in [1.54, 1.807) is 32.0 Å². The predicted molar refractivity (Wildman–Crippen MR) is 138 cm³/mol. The average Bonchev–Trinajstić information content (AvgIpc) is 2.75. The maximum atomic E-state index is 13.6. The van der Waals surface area contributed by atoms with E-state index < -0.39 is 28.5 Å². The van der Waals surface area contributed by atoms with Gasteiger partial charge in [-0.3, -0.25) is 13.9 Å². The summed E-state index contributed by atoms with van der Waals surface area (Å²) in [6.45, 7) is 3.15. The van der Waals surface area contributed by atoms with Gasteiger partial charge in [-0.15, -0.1) is 0 Å². The van der Waals surface area contributed by atoms with Gasteiger partial charge in [-0.25, -0.2) is 8.42 Å². The Morgan fingerprint density at radius 1 is 0.971 bits per heavy atom. The number of rotatable bonds is 10. The summed E-state index contributed by atoms with van der Waals surface area (Å²) in [5, 5.41) is 3.46. The minimum absolute atomic E-state index is 0.0149. The Bertz CT molecular complexity index is 1140. The number of likely N-dealkylation sites (N-methyl/N-ethyl adjacent to an activating group) is 1. The van der Waals surface area contributed by atoms with Gasteiger partial charge in [0.1, 0.15) is 12.6 Å². The first kappa shape index (κ1) is 28.5. The lowest BCUT2D eigenvalue weighted by Crippen LogP contribution is -2.52. The van der Waals surface area contributed by atoms with Crippen molar-refractivity contribution >= 4 is 73.9 Å². The molecule has 0 radical (unpaired) electrons. The first-order valence-corrected chi connectivity index (χ1v) is 13.7. The largest absolute Gasteiger partial charge is 0.355 e. The van der Waals surface area contributed by atoms with Crippen molar-refractivity contribution in [3.05, 3.63) is 62.1 Å². The molecule has 2 aromatic rings. The van der Waals surface area contributed by atoms with E-state index in [0.717, 1.165) is 10.6 Å². The molecule has 0 fully saturated rings. The Morgan fingerprint density at radius 3 is 2.06 bits per heavy atom. The molecule has 0 aliphatic rings. The van der Waals surface area contributed by atoms with Crippen LogP contribution < -0.4 is 9.62 Å². The summed E-state index contributed by atoms with van der Waals surface area (Å²) in [6.07, 6.45) is 1.23. The van der Waals surface area contributed by atoms with Crippen molar-refractivity contribution in [3.8, 4) is 0 Å². The van der Waals surface area contributed by atoms with E-state index in [0.29, 0.717) is 22.2 Å². The molecular formula is C22H25Cl4N3O4S. The van der Waals surface area contributed by atoms with Crippen LogP contribution in [0.15, 0.2) is 36.4 Å². The highest BCUT2D eigenvalue weighted by Gasteiger charge is 2.33. The fraction of sp³-hybridized carbons (Fsp3) is 0.364. The van der Waals surface area contributed by atoms with Crippen molar-refractivity contribution < 1.29 is 18.0 Å². The van der Waals surface area contributed by atoms with Crippen molar-refractivity contribution in [1.82, 2.24) is 10.2 Å². The van der Waals surface area contributed by atoms with Gasteiger partial charge < -0.3 is 10.2 Å². The molecule has 0 aliphatic heterocycles. The monoisotopic (exact) mass is 567 g/mol. The normalized spacial score (nSPS) is 12.2. The molecule has 0 spiro atoms. The molecule has 0 saturated carbocycles. The number of amides is 2. The molecule has 1 atom stereocenters. The Morgan fingerprint density at radius 2 is 1.53 bits per heavy atom. The van der Waals surface area contributed by atoms with Gasteiger partial charge >= 0.3 is 0 Å². The Labute approximate surface area is 220 Å². The fourth-order valence-electron chi connectivity index (χ4n) is 3.35. The molecule has 0 saturated heterocycles. The minimum Gasteiger partial charge on any atom is -0.355 e. The molecule has 186 valence electrons. The van der Waals surface area contributed by atoms with Gasteiger partial charge in [0.15, 0.2) is 0 Å². The highest BCUT2D eigenvalue weighted by Crippen LogP contribution is 2.34. The van der Waals surface area contributed by atoms with Gasteiger partial charge in [-0.1, -0.05) is 65.5 Å². The van der Waals surface area contributed by atoms with Crippen LogP contribution >= 0.6 is 46.4 Å². The lowest BCUT2D eigenvalue weighted by atomic mass is 10.1. The molecule has 0 unspecified atom stereocenters. The second-order valence-electron chi connectivity index (χ2n) is 7.38. The Hall–Kier alpha value is -1.71. The Kier molecular flexibility index (Phi) is 10.3. The van der Waals surface area contributed by atoms with Crippen LogP contribution in [0.2, 0.25) is 20.1 Å². The van der Waals surface area contributed by atoms with Gasteiger partial charge in [0.2, 0.25) is 21.8 Å². The topological polar surface area (TPSA) is 86.8 Å². The van der Waals surface area contributed by atoms with Crippen molar-refractivity contribution in [2.45, 2.75) is 32.9 Å². The maximum Gasteiger partial charge on any atom is 0.244 e. The molecule has 7 nitrogen and oxygen atoms in total. The number of sulfonamides is 1. The van der Waals surface area contributed by atoms with E-state index in [4.69, 9.17) is 46.4 Å². The SMILES string of the molecule is CCNC(=O)[C@@H](CC)N(Cc1c(Cl)cccc1Cl)C(=O)CN(c1cccc(Cl)c1Cl)S(C)(=O)=O. The van der Waals surface area contributed by atoms with Gasteiger partial charge in [0, 0.05) is 28.7 Å². The second-order valence-corrected chi connectivity index (χ2v) is 10.9. The molecule has 1 N–H and O–H groups in total. The first-order valence-electron chi connectivity index (χ1n) is 10.3. The highest BCUT2D eigenvalue weighted by molar-refractivity contribution is 7.92. The summed E-state index contributed by atoms with van der Waals surface area (Å²) >= 11 is 25.0. The van der Waals surface area contributed by atoms with Crippen LogP contribution in [0.1, 0.15) is 25.8 Å². The number of nitrogens with zero attached hydrogens (tertiary/aromatic N) is 2. The van der Waals surface area contributed by atoms with Crippen LogP contribution in [-0.2, 0) is 26.2 Å². The third-order valence-corrected chi connectivity index (χ3v) is 7.65. The van der Waals surface area contributed by atoms with Gasteiger partial charge in [-0.05, 0) is 37.6 Å². The summed E-state index contributed by atoms with van der Waals surface area (Å²) in [5.74, 6) is -1.02. The lowest BCUT2D eigenvalue weighted by Gasteiger charge is -2.33. The van der Waals surface area contributed by atoms with Crippen LogP contribution in [0.3, 0.4) is 0 Å². The summed E-state index contributed by atoms with van der Waals surface area (Å²) in [4.78, 5) is 27.6. The first-order chi connectivity index (χ1) is 15.9. The third-order valence-electron chi connectivity index (χ3n) is 5.01. The number of hydrogen-bond acceptors (Lipinski definition) is 4. The van der Waals surface area contributed by atoms with E-state index in [2.05, 4.69) is 5.32 Å². The van der Waals surface area contributed by atoms with Crippen LogP contribution in [0.25, 0.3) is 0 Å². The lowest BCUT2D eigenvalue weighted by molar-refractivity contribution is -0.140. The zero-order valence-corrected chi connectivity index (χ0v) is 22.7. The molecular weight excluding hydrogens is 544 g/mol. The minimum atomic E-state index is -3.95. The molecule has 2 aromatic carbocycles. The number of benzene rings is 2. The van der Waals surface area contributed by atoms with Gasteiger partial charge in [0.05, 0.1) is 22.0 Å². The van der Waals surface area contributed by atoms with Crippen molar-refractivity contribution in [3.63, 3.8) is 0 Å². The van der Waals surface area contributed by atoms with Crippen LogP contribution in [0.5, 0.6) is 0 Å². The van der Waals surface area contributed by atoms with Crippen molar-refractivity contribution in [1.29, 1.82) is 0 Å². The van der Waals surface area contributed by atoms with Crippen LogP contribution in [0, 0.1) is 0 Å². The molecule has 2 amide bonds. The van der Waals surface area contributed by atoms with Crippen LogP contribution in [0.4, 0.5) is 5.69 Å². The summed E-state index contributed by atoms with van der Waals surface area (Å²) < 4.78 is 26.1. The maximum absolute atomic E-state index is 13.6. The van der Waals surface area contributed by atoms with E-state index in [1.165, 1.54) is 23.1 Å². The summed E-state index contributed by atoms with van der Waals surface area (Å²) in [6, 6.07) is 8.48. The number of anilines is 1. The average molecular weight is 569 g/mol. The van der Waals surface area contributed by atoms with Crippen molar-refractivity contribution in [2.24, 2.45) is 0 Å². The molecule has 12 heteroatoms. The van der Waals surface area contributed by atoms with E-state index in [-0.39, 0.29) is 34.6 Å². The summed E-state index contributed by atoms with van der Waals surface area (Å²) in [5.41, 5.74) is 0.487. The summed E-state index contributed by atoms with van der Waals surface area (Å²) in [7, 11) is -3.95. The smallest absolute Gasteiger partial charge is 0.244 e. The third kappa shape index (κ3) is 6.92. The molecule has 2 rings (SSSR count). The number of hydrogen-bond donors (Lipinski definition) is 1. The highest BCUT2D eigenvalue weighted by atomic mass is 35.5. The molecule has 34 heavy (non-hydrogen) atoms. The Balaban J connectivity index is 2.54. The number of carbonyl (C=O) groups excluding carboxylic acids is 2. The van der Waals surface area contributed by atoms with Crippen LogP contribution in [-0.4, -0.2) is 50.5 Å². The molecule has 0 heterocycles. The van der Waals surface area contributed by atoms with Gasteiger partial charge in [-0.2, -0.15) is 0 Å². The number of carbonyl (C=O) groups is 2. The predicted octanol–water partition coefficient (Wildman–Crippen LogP) is 5.01. The van der Waals surface area contributed by atoms with E-state index >= 15 is 0 Å². The number of halogens is 4. The number of nitrogens with one attached hydrogen (secondary N) is 1. The molecule has 0 aromatic heterocycles. The zero-order valence-electron chi connectivity index (χ0n) is 18.8. The fourth-order valence-corrected chi connectivity index (χ4v) is 5.16. The quantitative estimate of drug-likeness (QED) is 0.436. The van der Waals surface area contributed by atoms with Crippen molar-refractivity contribution in [2.75, 3.05) is 23.7 Å².